The van der Waals surface area contributed by atoms with Gasteiger partial charge in [-0.1, -0.05) is 51.1 Å². The second-order valence-corrected chi connectivity index (χ2v) is 7.26. The summed E-state index contributed by atoms with van der Waals surface area (Å²) in [4.78, 5) is 12.5. The molecule has 1 atom stereocenters. The van der Waals surface area contributed by atoms with E-state index >= 15 is 0 Å². The average Bonchev–Trinajstić information content (AvgIpc) is 2.47. The van der Waals surface area contributed by atoms with E-state index in [1.165, 1.54) is 5.56 Å². The maximum Gasteiger partial charge on any atom is 0.223 e. The molecule has 3 nitrogen and oxygen atoms in total. The first-order valence-electron chi connectivity index (χ1n) is 8.02. The maximum atomic E-state index is 12.5. The molecule has 0 saturated carbocycles. The van der Waals surface area contributed by atoms with Crippen molar-refractivity contribution < 1.29 is 4.79 Å². The molecule has 1 aromatic rings. The number of amides is 1. The summed E-state index contributed by atoms with van der Waals surface area (Å²) >= 11 is 0. The van der Waals surface area contributed by atoms with Crippen LogP contribution in [0.5, 0.6) is 0 Å². The van der Waals surface area contributed by atoms with Crippen LogP contribution in [0.15, 0.2) is 30.3 Å². The minimum Gasteiger partial charge on any atom is -0.349 e. The van der Waals surface area contributed by atoms with E-state index in [2.05, 4.69) is 43.5 Å². The number of piperidine rings is 1. The van der Waals surface area contributed by atoms with Gasteiger partial charge in [-0.3, -0.25) is 4.79 Å². The molecule has 1 heterocycles. The van der Waals surface area contributed by atoms with Crippen LogP contribution in [0, 0.1) is 11.3 Å². The van der Waals surface area contributed by atoms with Crippen LogP contribution in [0.1, 0.15) is 51.6 Å². The third kappa shape index (κ3) is 5.16. The molecule has 1 saturated heterocycles. The molecule has 1 fully saturated rings. The molecule has 21 heavy (non-hydrogen) atoms. The lowest BCUT2D eigenvalue weighted by molar-refractivity contribution is -0.126. The highest BCUT2D eigenvalue weighted by Crippen LogP contribution is 2.30. The molecule has 1 amide bonds. The second-order valence-electron chi connectivity index (χ2n) is 7.26. The molecule has 1 aliphatic heterocycles. The molecule has 2 rings (SSSR count). The van der Waals surface area contributed by atoms with Gasteiger partial charge in [0.25, 0.3) is 0 Å². The third-order valence-corrected chi connectivity index (χ3v) is 4.04. The first-order chi connectivity index (χ1) is 9.96. The minimum absolute atomic E-state index is 0.105. The number of benzene rings is 1. The van der Waals surface area contributed by atoms with Crippen LogP contribution in [0.3, 0.4) is 0 Å². The zero-order chi connectivity index (χ0) is 15.3. The van der Waals surface area contributed by atoms with E-state index in [0.717, 1.165) is 32.4 Å². The van der Waals surface area contributed by atoms with E-state index in [1.807, 2.05) is 18.2 Å². The maximum absolute atomic E-state index is 12.5. The Kier molecular flexibility index (Phi) is 5.40. The van der Waals surface area contributed by atoms with E-state index in [9.17, 15) is 4.79 Å². The van der Waals surface area contributed by atoms with Crippen molar-refractivity contribution in [2.75, 3.05) is 13.1 Å². The van der Waals surface area contributed by atoms with Gasteiger partial charge in [0.1, 0.15) is 0 Å². The highest BCUT2D eigenvalue weighted by Gasteiger charge is 2.26. The Morgan fingerprint density at radius 1 is 1.24 bits per heavy atom. The van der Waals surface area contributed by atoms with Gasteiger partial charge in [-0.05, 0) is 43.3 Å². The van der Waals surface area contributed by atoms with Crippen LogP contribution in [0.25, 0.3) is 0 Å². The first kappa shape index (κ1) is 16.0. The van der Waals surface area contributed by atoms with Gasteiger partial charge in [0.15, 0.2) is 0 Å². The average molecular weight is 288 g/mol. The Morgan fingerprint density at radius 3 is 2.43 bits per heavy atom. The van der Waals surface area contributed by atoms with Crippen molar-refractivity contribution in [1.29, 1.82) is 0 Å². The number of hydrogen-bond acceptors (Lipinski definition) is 2. The Balaban J connectivity index is 2.06. The Hall–Kier alpha value is -1.35. The van der Waals surface area contributed by atoms with Gasteiger partial charge in [0.05, 0.1) is 6.04 Å². The molecule has 0 aliphatic carbocycles. The summed E-state index contributed by atoms with van der Waals surface area (Å²) in [5.74, 6) is 0.382. The first-order valence-corrected chi connectivity index (χ1v) is 8.02. The van der Waals surface area contributed by atoms with E-state index in [-0.39, 0.29) is 23.3 Å². The Labute approximate surface area is 128 Å². The van der Waals surface area contributed by atoms with Crippen LogP contribution < -0.4 is 10.6 Å². The largest absolute Gasteiger partial charge is 0.349 e. The quantitative estimate of drug-likeness (QED) is 0.892. The topological polar surface area (TPSA) is 41.1 Å². The normalized spacial score (nSPS) is 18.2. The lowest BCUT2D eigenvalue weighted by atomic mass is 9.85. The fourth-order valence-corrected chi connectivity index (χ4v) is 2.92. The smallest absolute Gasteiger partial charge is 0.223 e. The van der Waals surface area contributed by atoms with Crippen molar-refractivity contribution in [2.24, 2.45) is 11.3 Å². The van der Waals surface area contributed by atoms with Crippen LogP contribution in [-0.2, 0) is 4.79 Å². The fourth-order valence-electron chi connectivity index (χ4n) is 2.92. The predicted molar refractivity (Wildman–Crippen MR) is 87.0 cm³/mol. The Bertz CT molecular complexity index is 444. The van der Waals surface area contributed by atoms with Gasteiger partial charge in [-0.25, -0.2) is 0 Å². The molecule has 1 aromatic carbocycles. The molecular formula is C18H28N2O. The van der Waals surface area contributed by atoms with Gasteiger partial charge in [-0.15, -0.1) is 0 Å². The predicted octanol–water partition coefficient (Wildman–Crippen LogP) is 3.28. The van der Waals surface area contributed by atoms with E-state index < -0.39 is 0 Å². The Morgan fingerprint density at radius 2 is 1.86 bits per heavy atom. The summed E-state index contributed by atoms with van der Waals surface area (Å²) in [5, 5.41) is 6.61. The number of carbonyl (C=O) groups excluding carboxylic acids is 1. The van der Waals surface area contributed by atoms with Gasteiger partial charge >= 0.3 is 0 Å². The summed E-state index contributed by atoms with van der Waals surface area (Å²) in [7, 11) is 0. The van der Waals surface area contributed by atoms with Gasteiger partial charge in [0, 0.05) is 5.92 Å². The summed E-state index contributed by atoms with van der Waals surface area (Å²) < 4.78 is 0. The van der Waals surface area contributed by atoms with Crippen molar-refractivity contribution >= 4 is 5.91 Å². The number of nitrogens with one attached hydrogen (secondary N) is 2. The van der Waals surface area contributed by atoms with Crippen LogP contribution in [0.4, 0.5) is 0 Å². The molecule has 0 spiro atoms. The molecule has 0 bridgehead atoms. The van der Waals surface area contributed by atoms with Crippen molar-refractivity contribution in [3.63, 3.8) is 0 Å². The van der Waals surface area contributed by atoms with Crippen LogP contribution in [-0.4, -0.2) is 19.0 Å². The SMILES string of the molecule is CC(C)(C)CC(NC(=O)C1CCNCC1)c1ccccc1. The molecule has 116 valence electrons. The summed E-state index contributed by atoms with van der Waals surface area (Å²) in [6, 6.07) is 10.4. The van der Waals surface area contributed by atoms with E-state index in [4.69, 9.17) is 0 Å². The zero-order valence-corrected chi connectivity index (χ0v) is 13.5. The van der Waals surface area contributed by atoms with E-state index in [0.29, 0.717) is 0 Å². The molecule has 2 N–H and O–H groups in total. The summed E-state index contributed by atoms with van der Waals surface area (Å²) in [6.45, 7) is 8.57. The standard InChI is InChI=1S/C18H28N2O/c1-18(2,3)13-16(14-7-5-4-6-8-14)20-17(21)15-9-11-19-12-10-15/h4-8,15-16,19H,9-13H2,1-3H3,(H,20,21). The van der Waals surface area contributed by atoms with E-state index in [1.54, 1.807) is 0 Å². The zero-order valence-electron chi connectivity index (χ0n) is 13.5. The third-order valence-electron chi connectivity index (χ3n) is 4.04. The van der Waals surface area contributed by atoms with Crippen molar-refractivity contribution in [2.45, 2.75) is 46.1 Å². The monoisotopic (exact) mass is 288 g/mol. The second kappa shape index (κ2) is 7.08. The molecule has 0 aromatic heterocycles. The lowest BCUT2D eigenvalue weighted by Gasteiger charge is -2.30. The van der Waals surface area contributed by atoms with Gasteiger partial charge < -0.3 is 10.6 Å². The number of carbonyl (C=O) groups is 1. The minimum atomic E-state index is 0.105. The van der Waals surface area contributed by atoms with Crippen LogP contribution >= 0.6 is 0 Å². The molecule has 0 radical (unpaired) electrons. The van der Waals surface area contributed by atoms with Gasteiger partial charge in [0.2, 0.25) is 5.91 Å². The van der Waals surface area contributed by atoms with Gasteiger partial charge in [-0.2, -0.15) is 0 Å². The molecule has 1 unspecified atom stereocenters. The molecular weight excluding hydrogens is 260 g/mol. The fraction of sp³-hybridized carbons (Fsp3) is 0.611. The van der Waals surface area contributed by atoms with Crippen molar-refractivity contribution in [3.05, 3.63) is 35.9 Å². The highest BCUT2D eigenvalue weighted by molar-refractivity contribution is 5.79. The molecule has 3 heteroatoms. The van der Waals surface area contributed by atoms with Crippen LogP contribution in [0.2, 0.25) is 0 Å². The molecule has 1 aliphatic rings. The highest BCUT2D eigenvalue weighted by atomic mass is 16.1. The lowest BCUT2D eigenvalue weighted by Crippen LogP contribution is -2.40. The summed E-state index contributed by atoms with van der Waals surface area (Å²) in [5.41, 5.74) is 1.39. The summed E-state index contributed by atoms with van der Waals surface area (Å²) in [6.07, 6.45) is 2.85. The van der Waals surface area contributed by atoms with Crippen molar-refractivity contribution in [3.8, 4) is 0 Å². The van der Waals surface area contributed by atoms with Crippen molar-refractivity contribution in [1.82, 2.24) is 10.6 Å². The number of rotatable bonds is 4. The number of hydrogen-bond donors (Lipinski definition) is 2.